The van der Waals surface area contributed by atoms with Crippen LogP contribution in [0.25, 0.3) is 22.3 Å². The van der Waals surface area contributed by atoms with E-state index in [0.717, 1.165) is 19.9 Å². The molecule has 0 spiro atoms. The highest BCUT2D eigenvalue weighted by atomic mass is 31.2. The Labute approximate surface area is 665 Å². The van der Waals surface area contributed by atoms with Gasteiger partial charge in [0.2, 0.25) is 18.6 Å². The lowest BCUT2D eigenvalue weighted by Gasteiger charge is -2.41. The Hall–Kier alpha value is -6.75. The lowest BCUT2D eigenvalue weighted by atomic mass is 9.88. The second-order valence-electron chi connectivity index (χ2n) is 29.7. The first-order chi connectivity index (χ1) is 54.4. The Morgan fingerprint density at radius 2 is 0.915 bits per heavy atom. The van der Waals surface area contributed by atoms with Crippen molar-refractivity contribution in [3.05, 3.63) is 73.7 Å². The Morgan fingerprint density at radius 1 is 0.556 bits per heavy atom. The molecule has 0 radical (unpaired) electrons. The Kier molecular flexibility index (Phi) is 26.1. The zero-order valence-electron chi connectivity index (χ0n) is 66.1. The van der Waals surface area contributed by atoms with Crippen molar-refractivity contribution >= 4 is 71.6 Å². The van der Waals surface area contributed by atoms with Crippen LogP contribution in [0.3, 0.4) is 0 Å². The number of phosphoric ester groups is 4. The maximum atomic E-state index is 15.9. The monoisotopic (exact) mass is 1750 g/mol. The van der Waals surface area contributed by atoms with Gasteiger partial charge in [-0.1, -0.05) is 13.2 Å². The minimum atomic E-state index is -4.37. The van der Waals surface area contributed by atoms with Crippen LogP contribution >= 0.6 is 31.3 Å². The first-order valence-electron chi connectivity index (χ1n) is 36.3. The van der Waals surface area contributed by atoms with Crippen molar-refractivity contribution in [1.82, 2.24) is 59.5 Å². The molecule has 0 aromatic carbocycles. The molecule has 10 aliphatic rings. The van der Waals surface area contributed by atoms with Gasteiger partial charge in [0, 0.05) is 24.6 Å². The van der Waals surface area contributed by atoms with Crippen molar-refractivity contribution in [2.45, 2.75) is 230 Å². The van der Waals surface area contributed by atoms with Crippen LogP contribution in [0.5, 0.6) is 11.8 Å². The fraction of sp³-hybridized carbons (Fsp3) is 0.682. The second kappa shape index (κ2) is 33.6. The molecule has 2 amide bonds. The zero-order valence-corrected chi connectivity index (χ0v) is 69.7. The van der Waals surface area contributed by atoms with E-state index < -0.39 is 215 Å². The summed E-state index contributed by atoms with van der Waals surface area (Å²) in [6.45, 7) is 26.9. The molecule has 2 unspecified atom stereocenters. The Bertz CT molecular complexity index is 4540. The molecule has 117 heavy (non-hydrogen) atoms. The number of nitrogens with zero attached hydrogens (tertiary/aromatic N) is 10. The van der Waals surface area contributed by atoms with Crippen LogP contribution < -0.4 is 20.1 Å². The van der Waals surface area contributed by atoms with Crippen LogP contribution in [-0.2, 0) is 111 Å². The van der Waals surface area contributed by atoms with E-state index in [1.807, 2.05) is 0 Å². The van der Waals surface area contributed by atoms with Crippen molar-refractivity contribution in [3.63, 3.8) is 0 Å². The highest BCUT2D eigenvalue weighted by molar-refractivity contribution is 7.49. The lowest BCUT2D eigenvalue weighted by molar-refractivity contribution is -0.220. The van der Waals surface area contributed by atoms with Gasteiger partial charge in [-0.2, -0.15) is 9.97 Å². The number of imidazole rings is 2. The molecule has 4 aromatic rings. The van der Waals surface area contributed by atoms with Crippen molar-refractivity contribution < 1.29 is 161 Å². The smallest absolute Gasteiger partial charge is 0.476 e. The summed E-state index contributed by atoms with van der Waals surface area (Å²) in [6, 6.07) is 0. The highest BCUT2D eigenvalue weighted by Crippen LogP contribution is 2.67. The summed E-state index contributed by atoms with van der Waals surface area (Å²) in [5.74, 6) is -4.85. The lowest BCUT2D eigenvalue weighted by Crippen LogP contribution is -2.58. The van der Waals surface area contributed by atoms with Gasteiger partial charge in [-0.05, 0) is 111 Å². The molecule has 14 heterocycles. The maximum Gasteiger partial charge on any atom is 0.510 e. The average Bonchev–Trinajstić information content (AvgIpc) is 1.58. The number of aliphatic hydroxyl groups is 2. The molecule has 652 valence electrons. The first kappa shape index (κ1) is 91.0. The number of hydrogen-bond donors (Lipinski definition) is 4. The summed E-state index contributed by atoms with van der Waals surface area (Å²) in [5, 5.41) is 27.1. The minimum absolute atomic E-state index is 0.0721. The molecule has 8 saturated heterocycles. The SMILES string of the molecule is C=C1NC(=O)C=CN1[C@@H]1O[C@]2(CF)COP(=O)(OC(C)C)O[C@H]2[C@@]1(C)O.C=C1NC(=O)C=CN1[C@@H]1O[C@]2(CF)COP(=O)(OCOC(=O)OC(C)C)O[C@H]2[C@@]1(C)O.CCOc1nc(C)nc2c1ncn2[C@@H]1O[C@]2(F)CO[P@@](=O)(OC(C)C)O[C@H]2[C@@]1(C)F.CCOc1nc(C)nc2c1ncn2[C@@H]1O[C@]2(F)CO[P@](=O)(OC(C)C)O[C@H]2[C@@]1(C)F. The topological polar surface area (TPSA) is 462 Å². The summed E-state index contributed by atoms with van der Waals surface area (Å²) in [4.78, 5) is 62.2. The number of nitrogens with one attached hydrogen (secondary N) is 2. The molecule has 10 aliphatic heterocycles. The number of amides is 2. The van der Waals surface area contributed by atoms with Gasteiger partial charge in [0.05, 0.1) is 63.5 Å². The van der Waals surface area contributed by atoms with Crippen LogP contribution in [0.2, 0.25) is 0 Å². The van der Waals surface area contributed by atoms with E-state index in [2.05, 4.69) is 58.4 Å². The van der Waals surface area contributed by atoms with Crippen LogP contribution in [0.15, 0.2) is 62.0 Å². The van der Waals surface area contributed by atoms with Gasteiger partial charge in [-0.3, -0.25) is 68.5 Å². The number of ether oxygens (including phenoxy) is 8. The Morgan fingerprint density at radius 3 is 1.26 bits per heavy atom. The fourth-order valence-electron chi connectivity index (χ4n) is 13.7. The number of carbonyl (C=O) groups excluding carboxylic acids is 3. The molecule has 20 atom stereocenters. The third kappa shape index (κ3) is 18.1. The van der Waals surface area contributed by atoms with Crippen LogP contribution in [0, 0.1) is 13.8 Å². The first-order valence-corrected chi connectivity index (χ1v) is 42.2. The molecule has 51 heteroatoms. The minimum Gasteiger partial charge on any atom is -0.476 e. The molecule has 41 nitrogen and oxygen atoms in total. The van der Waals surface area contributed by atoms with Crippen molar-refractivity contribution in [3.8, 4) is 11.8 Å². The van der Waals surface area contributed by atoms with Crippen molar-refractivity contribution in [2.24, 2.45) is 0 Å². The molecular formula is C66H92F6N12O29P4. The molecule has 0 bridgehead atoms. The second-order valence-corrected chi connectivity index (χ2v) is 36.0. The molecule has 4 aromatic heterocycles. The standard InChI is InChI=1S/2C17H23F2N4O6P.C17H24FN2O10P.C15H22FN2O7P/c2*1-6-25-13-11-12(21-10(4)22-13)23(8-20-11)15-16(5,18)14-17(19,27-15)7-26-30(24,29-14)28-9(2)3;1-10(2)28-15(22)25-9-27-31(24)26-8-17(7-18)13(30-31)16(4,23)14(29-17)20-6-5-12(21)19-11(20)3;1-9(2)24-26(21)22-8-15(7-16)12(25-26)14(4,20)13(23-15)18-6-5-11(19)17-10(18)3/h2*8-9,14-15H,6-7H2,1-5H3;5-6,10,13-14,23H,3,7-9H2,1-2,4H3,(H,19,21);5-6,9,12-13,20H,3,7-8H2,1-2,4H3,(H,17,19)/t14-,15+,16+,17+,30+;14-,15+,16+,17+,30-;13-,14+,16+,17+,31?;12-,13+,14+,15+,26?/m0000/s1. The maximum absolute atomic E-state index is 15.9. The van der Waals surface area contributed by atoms with Gasteiger partial charge in [0.25, 0.3) is 23.5 Å². The van der Waals surface area contributed by atoms with Gasteiger partial charge in [-0.25, -0.2) is 73.9 Å². The number of aromatic nitrogens is 8. The van der Waals surface area contributed by atoms with Crippen LogP contribution in [0.4, 0.5) is 31.1 Å². The predicted molar refractivity (Wildman–Crippen MR) is 385 cm³/mol. The molecule has 8 fully saturated rings. The number of alkyl halides is 6. The van der Waals surface area contributed by atoms with Crippen LogP contribution in [-0.4, -0.2) is 244 Å². The Balaban J connectivity index is 0.000000153. The van der Waals surface area contributed by atoms with Crippen molar-refractivity contribution in [1.29, 1.82) is 0 Å². The quantitative estimate of drug-likeness (QED) is 0.0277. The normalized spacial score (nSPS) is 38.2. The van der Waals surface area contributed by atoms with Gasteiger partial charge < -0.3 is 68.5 Å². The van der Waals surface area contributed by atoms with Gasteiger partial charge in [0.1, 0.15) is 73.3 Å². The fourth-order valence-corrected chi connectivity index (χ4v) is 20.2. The number of carbonyl (C=O) groups is 3. The van der Waals surface area contributed by atoms with Gasteiger partial charge >= 0.3 is 37.4 Å². The van der Waals surface area contributed by atoms with Gasteiger partial charge in [0.15, 0.2) is 82.0 Å². The summed E-state index contributed by atoms with van der Waals surface area (Å²) in [5.41, 5.74) is -11.3. The summed E-state index contributed by atoms with van der Waals surface area (Å²) in [7, 11) is -16.7. The molecule has 14 rings (SSSR count). The zero-order chi connectivity index (χ0) is 86.1. The summed E-state index contributed by atoms with van der Waals surface area (Å²) < 4.78 is 249. The average molecular weight is 1760 g/mol. The van der Waals surface area contributed by atoms with E-state index in [4.69, 9.17) is 87.4 Å². The van der Waals surface area contributed by atoms with Crippen molar-refractivity contribution in [2.75, 3.05) is 59.8 Å². The molecule has 0 aliphatic carbocycles. The van der Waals surface area contributed by atoms with E-state index in [-0.39, 0.29) is 45.7 Å². The number of aryl methyl sites for hydroxylation is 2. The molecule has 0 saturated carbocycles. The summed E-state index contributed by atoms with van der Waals surface area (Å²) >= 11 is 0. The van der Waals surface area contributed by atoms with E-state index in [1.54, 1.807) is 83.1 Å². The highest BCUT2D eigenvalue weighted by Gasteiger charge is 2.74. The van der Waals surface area contributed by atoms with Gasteiger partial charge in [-0.15, -0.1) is 0 Å². The largest absolute Gasteiger partial charge is 0.510 e. The number of hydrogen-bond acceptors (Lipinski definition) is 37. The third-order valence-corrected chi connectivity index (χ3v) is 24.6. The molecule has 4 N–H and O–H groups in total. The predicted octanol–water partition coefficient (Wildman–Crippen LogP) is 9.25. The van der Waals surface area contributed by atoms with E-state index in [9.17, 15) is 51.6 Å². The number of halogens is 6. The van der Waals surface area contributed by atoms with Crippen LogP contribution in [0.1, 0.15) is 121 Å². The summed E-state index contributed by atoms with van der Waals surface area (Å²) in [6.07, 6.45) is -7.57. The number of rotatable bonds is 20. The molecular weight excluding hydrogens is 1660 g/mol. The number of phosphoric acid groups is 4. The van der Waals surface area contributed by atoms with E-state index >= 15 is 17.6 Å². The van der Waals surface area contributed by atoms with E-state index in [0.29, 0.717) is 24.9 Å². The van der Waals surface area contributed by atoms with E-state index in [1.165, 1.54) is 63.9 Å². The number of fused-ring (bicyclic) bond motifs is 6. The third-order valence-electron chi connectivity index (χ3n) is 18.5.